The number of thioether (sulfide) groups is 1. The van der Waals surface area contributed by atoms with Gasteiger partial charge in [-0.15, -0.1) is 0 Å². The second kappa shape index (κ2) is 14.0. The number of fused-ring (bicyclic) bond motifs is 1. The van der Waals surface area contributed by atoms with Crippen molar-refractivity contribution in [3.05, 3.63) is 76.3 Å². The molecule has 2 aromatic rings. The first-order valence-corrected chi connectivity index (χ1v) is 15.6. The molecule has 0 aromatic heterocycles. The SMILES string of the molecule is CCOC(=O)C1=C(c2ccccc2)N=C2SC=C(CC(=O)N3CCC(C(=O)OCC)CC3)N2[C@H]1c1ccc(OC)cc1OC. The van der Waals surface area contributed by atoms with Crippen molar-refractivity contribution in [2.45, 2.75) is 39.2 Å². The molecule has 1 saturated heterocycles. The molecular weight excluding hydrogens is 582 g/mol. The van der Waals surface area contributed by atoms with Crippen LogP contribution in [0, 0.1) is 5.92 Å². The number of rotatable bonds is 10. The largest absolute Gasteiger partial charge is 0.497 e. The second-order valence-electron chi connectivity index (χ2n) is 10.4. The molecule has 5 rings (SSSR count). The minimum atomic E-state index is -0.693. The normalized spacial score (nSPS) is 18.3. The Bertz CT molecular complexity index is 1500. The van der Waals surface area contributed by atoms with E-state index in [1.165, 1.54) is 11.8 Å². The van der Waals surface area contributed by atoms with Gasteiger partial charge in [0.15, 0.2) is 5.17 Å². The smallest absolute Gasteiger partial charge is 0.338 e. The number of hydrogen-bond acceptors (Lipinski definition) is 10. The van der Waals surface area contributed by atoms with E-state index in [4.69, 9.17) is 23.9 Å². The molecule has 0 unspecified atom stereocenters. The predicted octanol–water partition coefficient (Wildman–Crippen LogP) is 5.17. The summed E-state index contributed by atoms with van der Waals surface area (Å²) >= 11 is 1.41. The Morgan fingerprint density at radius 2 is 1.68 bits per heavy atom. The van der Waals surface area contributed by atoms with E-state index >= 15 is 0 Å². The highest BCUT2D eigenvalue weighted by molar-refractivity contribution is 8.16. The number of carbonyl (C=O) groups is 3. The molecule has 0 radical (unpaired) electrons. The van der Waals surface area contributed by atoms with Crippen molar-refractivity contribution in [3.63, 3.8) is 0 Å². The van der Waals surface area contributed by atoms with Gasteiger partial charge in [-0.05, 0) is 44.2 Å². The van der Waals surface area contributed by atoms with Gasteiger partial charge in [0.2, 0.25) is 5.91 Å². The van der Waals surface area contributed by atoms with E-state index in [0.717, 1.165) is 5.56 Å². The highest BCUT2D eigenvalue weighted by Crippen LogP contribution is 2.49. The van der Waals surface area contributed by atoms with Gasteiger partial charge in [0, 0.05) is 36.0 Å². The maximum absolute atomic E-state index is 13.8. The van der Waals surface area contributed by atoms with E-state index in [1.54, 1.807) is 39.0 Å². The van der Waals surface area contributed by atoms with Gasteiger partial charge >= 0.3 is 11.9 Å². The topological polar surface area (TPSA) is 107 Å². The number of likely N-dealkylation sites (tertiary alicyclic amines) is 1. The van der Waals surface area contributed by atoms with Gasteiger partial charge in [0.1, 0.15) is 11.5 Å². The number of aliphatic imine (C=N–C) groups is 1. The lowest BCUT2D eigenvalue weighted by atomic mass is 9.90. The maximum atomic E-state index is 13.8. The first-order chi connectivity index (χ1) is 21.4. The summed E-state index contributed by atoms with van der Waals surface area (Å²) in [6.07, 6.45) is 1.23. The molecule has 0 N–H and O–H groups in total. The standard InChI is InChI=1S/C33H37N3O7S/c1-5-42-31(38)22-14-16-35(17-15-22)27(37)18-23-20-44-33-34-29(21-10-8-7-9-11-21)28(32(39)43-6-2)30(36(23)33)25-13-12-24(40-3)19-26(25)41-4/h7-13,19-20,22,30H,5-6,14-18H2,1-4H3/t30-/m0/s1. The van der Waals surface area contributed by atoms with Gasteiger partial charge in [-0.25, -0.2) is 9.79 Å². The minimum Gasteiger partial charge on any atom is -0.497 e. The third-order valence-corrected chi connectivity index (χ3v) is 8.78. The summed E-state index contributed by atoms with van der Waals surface area (Å²) in [6, 6.07) is 14.3. The van der Waals surface area contributed by atoms with Gasteiger partial charge in [-0.2, -0.15) is 0 Å². The fourth-order valence-electron chi connectivity index (χ4n) is 5.72. The quantitative estimate of drug-likeness (QED) is 0.333. The maximum Gasteiger partial charge on any atom is 0.338 e. The van der Waals surface area contributed by atoms with Crippen molar-refractivity contribution < 1.29 is 33.3 Å². The molecule has 1 fully saturated rings. The number of hydrogen-bond donors (Lipinski definition) is 0. The van der Waals surface area contributed by atoms with Crippen LogP contribution in [0.3, 0.4) is 0 Å². The van der Waals surface area contributed by atoms with Crippen LogP contribution in [0.1, 0.15) is 50.3 Å². The third-order valence-electron chi connectivity index (χ3n) is 7.89. The lowest BCUT2D eigenvalue weighted by molar-refractivity contribution is -0.151. The lowest BCUT2D eigenvalue weighted by Gasteiger charge is -2.38. The van der Waals surface area contributed by atoms with Gasteiger partial charge in [-0.3, -0.25) is 9.59 Å². The van der Waals surface area contributed by atoms with Crippen LogP contribution >= 0.6 is 11.8 Å². The van der Waals surface area contributed by atoms with Crippen molar-refractivity contribution in [2.75, 3.05) is 40.5 Å². The number of amides is 1. The highest BCUT2D eigenvalue weighted by Gasteiger charge is 2.44. The van der Waals surface area contributed by atoms with Gasteiger partial charge in [-0.1, -0.05) is 42.1 Å². The van der Waals surface area contributed by atoms with Crippen LogP contribution in [0.15, 0.2) is 70.2 Å². The monoisotopic (exact) mass is 619 g/mol. The zero-order chi connectivity index (χ0) is 31.2. The Kier molecular flexibility index (Phi) is 9.94. The van der Waals surface area contributed by atoms with Crippen molar-refractivity contribution in [2.24, 2.45) is 10.9 Å². The van der Waals surface area contributed by atoms with E-state index in [0.29, 0.717) is 71.7 Å². The Labute approximate surface area is 261 Å². The molecule has 44 heavy (non-hydrogen) atoms. The molecule has 3 aliphatic heterocycles. The molecule has 3 heterocycles. The molecule has 10 nitrogen and oxygen atoms in total. The number of carbonyl (C=O) groups excluding carboxylic acids is 3. The highest BCUT2D eigenvalue weighted by atomic mass is 32.2. The lowest BCUT2D eigenvalue weighted by Crippen LogP contribution is -2.42. The van der Waals surface area contributed by atoms with E-state index in [1.807, 2.05) is 52.8 Å². The number of benzene rings is 2. The van der Waals surface area contributed by atoms with E-state index in [2.05, 4.69) is 0 Å². The summed E-state index contributed by atoms with van der Waals surface area (Å²) < 4.78 is 22.1. The fourth-order valence-corrected chi connectivity index (χ4v) is 6.64. The average molecular weight is 620 g/mol. The minimum absolute atomic E-state index is 0.0589. The van der Waals surface area contributed by atoms with Crippen LogP contribution in [0.25, 0.3) is 5.70 Å². The molecule has 11 heteroatoms. The van der Waals surface area contributed by atoms with Crippen molar-refractivity contribution in [1.29, 1.82) is 0 Å². The van der Waals surface area contributed by atoms with Crippen LogP contribution < -0.4 is 9.47 Å². The first-order valence-electron chi connectivity index (χ1n) is 14.8. The van der Waals surface area contributed by atoms with E-state index < -0.39 is 12.0 Å². The molecule has 232 valence electrons. The van der Waals surface area contributed by atoms with Crippen LogP contribution in [0.2, 0.25) is 0 Å². The zero-order valence-corrected chi connectivity index (χ0v) is 26.2. The van der Waals surface area contributed by atoms with Crippen LogP contribution in [-0.2, 0) is 23.9 Å². The van der Waals surface area contributed by atoms with Gasteiger partial charge in [0.25, 0.3) is 0 Å². The number of esters is 2. The summed E-state index contributed by atoms with van der Waals surface area (Å²) in [7, 11) is 3.15. The average Bonchev–Trinajstić information content (AvgIpc) is 3.46. The Morgan fingerprint density at radius 1 is 0.955 bits per heavy atom. The van der Waals surface area contributed by atoms with Crippen molar-refractivity contribution >= 4 is 40.5 Å². The van der Waals surface area contributed by atoms with Crippen molar-refractivity contribution in [1.82, 2.24) is 9.80 Å². The molecule has 3 aliphatic rings. The van der Waals surface area contributed by atoms with Crippen molar-refractivity contribution in [3.8, 4) is 11.5 Å². The molecule has 0 bridgehead atoms. The summed E-state index contributed by atoms with van der Waals surface area (Å²) in [5, 5.41) is 2.56. The zero-order valence-electron chi connectivity index (χ0n) is 25.4. The molecular formula is C33H37N3O7S. The molecule has 0 spiro atoms. The number of methoxy groups -OCH3 is 2. The summed E-state index contributed by atoms with van der Waals surface area (Å²) in [5.41, 5.74) is 3.04. The number of amidine groups is 1. The fraction of sp³-hybridized carbons (Fsp3) is 0.394. The summed E-state index contributed by atoms with van der Waals surface area (Å²) in [6.45, 7) is 5.05. The first kappa shape index (κ1) is 31.2. The van der Waals surface area contributed by atoms with E-state index in [9.17, 15) is 14.4 Å². The molecule has 2 aromatic carbocycles. The molecule has 1 amide bonds. The van der Waals surface area contributed by atoms with Gasteiger partial charge < -0.3 is 28.7 Å². The Hall–Kier alpha value is -4.25. The number of piperidine rings is 1. The van der Waals surface area contributed by atoms with Crippen LogP contribution in [0.5, 0.6) is 11.5 Å². The third kappa shape index (κ3) is 6.33. The molecule has 0 saturated carbocycles. The second-order valence-corrected chi connectivity index (χ2v) is 11.3. The van der Waals surface area contributed by atoms with Crippen LogP contribution in [0.4, 0.5) is 0 Å². The summed E-state index contributed by atoms with van der Waals surface area (Å²) in [5.74, 6) is 0.174. The van der Waals surface area contributed by atoms with Crippen LogP contribution in [-0.4, -0.2) is 73.3 Å². The molecule has 1 atom stereocenters. The number of ether oxygens (including phenoxy) is 4. The van der Waals surface area contributed by atoms with Gasteiger partial charge in [0.05, 0.1) is 57.1 Å². The predicted molar refractivity (Wildman–Crippen MR) is 168 cm³/mol. The Morgan fingerprint density at radius 3 is 2.34 bits per heavy atom. The number of nitrogens with zero attached hydrogens (tertiary/aromatic N) is 3. The van der Waals surface area contributed by atoms with E-state index in [-0.39, 0.29) is 30.8 Å². The summed E-state index contributed by atoms with van der Waals surface area (Å²) in [4.78, 5) is 48.4. The Balaban J connectivity index is 1.52. The molecule has 0 aliphatic carbocycles.